The zero-order valence-corrected chi connectivity index (χ0v) is 12.5. The monoisotopic (exact) mass is 291 g/mol. The van der Waals surface area contributed by atoms with Gasteiger partial charge in [0.15, 0.2) is 0 Å². The summed E-state index contributed by atoms with van der Waals surface area (Å²) in [6.45, 7) is 5.30. The van der Waals surface area contributed by atoms with Gasteiger partial charge in [-0.1, -0.05) is 13.0 Å². The molecule has 0 atom stereocenters. The van der Waals surface area contributed by atoms with Crippen molar-refractivity contribution in [2.45, 2.75) is 32.8 Å². The highest BCUT2D eigenvalue weighted by Gasteiger charge is 2.20. The molecule has 2 heterocycles. The van der Waals surface area contributed by atoms with Crippen LogP contribution in [0.25, 0.3) is 10.7 Å². The maximum absolute atomic E-state index is 11.4. The lowest BCUT2D eigenvalue weighted by Gasteiger charge is -2.16. The minimum Gasteiger partial charge on any atom is -0.384 e. The molecule has 20 heavy (non-hydrogen) atoms. The van der Waals surface area contributed by atoms with Crippen LogP contribution in [0.2, 0.25) is 0 Å². The molecule has 0 saturated carbocycles. The van der Waals surface area contributed by atoms with Crippen molar-refractivity contribution in [3.05, 3.63) is 34.5 Å². The summed E-state index contributed by atoms with van der Waals surface area (Å²) in [5.74, 6) is -0.525. The van der Waals surface area contributed by atoms with Gasteiger partial charge in [-0.3, -0.25) is 4.79 Å². The summed E-state index contributed by atoms with van der Waals surface area (Å²) >= 11 is 1.40. The smallest absolute Gasteiger partial charge is 0.268 e. The first kappa shape index (κ1) is 14.6. The quantitative estimate of drug-likeness (QED) is 0.902. The second kappa shape index (κ2) is 5.30. The average Bonchev–Trinajstić information content (AvgIpc) is 2.82. The predicted octanol–water partition coefficient (Wildman–Crippen LogP) is 2.09. The van der Waals surface area contributed by atoms with E-state index < -0.39 is 11.5 Å². The first-order valence-electron chi connectivity index (χ1n) is 6.32. The first-order valence-corrected chi connectivity index (χ1v) is 7.14. The molecular weight excluding hydrogens is 274 g/mol. The van der Waals surface area contributed by atoms with Crippen LogP contribution >= 0.6 is 11.3 Å². The van der Waals surface area contributed by atoms with Gasteiger partial charge in [-0.15, -0.1) is 11.3 Å². The highest BCUT2D eigenvalue weighted by atomic mass is 32.1. The Morgan fingerprint density at radius 1 is 1.40 bits per heavy atom. The van der Waals surface area contributed by atoms with Crippen LogP contribution in [-0.2, 0) is 12.0 Å². The molecule has 0 radical (unpaired) electrons. The van der Waals surface area contributed by atoms with E-state index >= 15 is 0 Å². The third-order valence-corrected chi connectivity index (χ3v) is 4.07. The van der Waals surface area contributed by atoms with Gasteiger partial charge in [0.2, 0.25) is 0 Å². The van der Waals surface area contributed by atoms with Crippen LogP contribution in [0.5, 0.6) is 0 Å². The van der Waals surface area contributed by atoms with Crippen LogP contribution in [0.3, 0.4) is 0 Å². The van der Waals surface area contributed by atoms with Gasteiger partial charge in [0.1, 0.15) is 16.3 Å². The number of pyridine rings is 1. The van der Waals surface area contributed by atoms with Crippen LogP contribution in [-0.4, -0.2) is 21.0 Å². The van der Waals surface area contributed by atoms with Gasteiger partial charge in [0, 0.05) is 4.88 Å². The number of hydrogen-bond donors (Lipinski definition) is 2. The van der Waals surface area contributed by atoms with Crippen molar-refractivity contribution in [2.75, 3.05) is 0 Å². The molecule has 0 fully saturated rings. The summed E-state index contributed by atoms with van der Waals surface area (Å²) in [5.41, 5.74) is 5.81. The van der Waals surface area contributed by atoms with E-state index in [9.17, 15) is 9.90 Å². The van der Waals surface area contributed by atoms with Crippen molar-refractivity contribution in [3.63, 3.8) is 0 Å². The summed E-state index contributed by atoms with van der Waals surface area (Å²) in [7, 11) is 0. The van der Waals surface area contributed by atoms with Crippen LogP contribution in [0.4, 0.5) is 0 Å². The first-order chi connectivity index (χ1) is 9.32. The van der Waals surface area contributed by atoms with Crippen molar-refractivity contribution < 1.29 is 9.90 Å². The number of rotatable bonds is 4. The maximum Gasteiger partial charge on any atom is 0.268 e. The fourth-order valence-corrected chi connectivity index (χ4v) is 2.76. The molecule has 0 bridgehead atoms. The van der Waals surface area contributed by atoms with Crippen molar-refractivity contribution in [1.29, 1.82) is 0 Å². The van der Waals surface area contributed by atoms with E-state index in [0.717, 1.165) is 4.88 Å². The van der Waals surface area contributed by atoms with Crippen molar-refractivity contribution in [2.24, 2.45) is 5.73 Å². The van der Waals surface area contributed by atoms with Crippen molar-refractivity contribution in [1.82, 2.24) is 9.97 Å². The van der Waals surface area contributed by atoms with Crippen LogP contribution in [0, 0.1) is 0 Å². The van der Waals surface area contributed by atoms with Gasteiger partial charge in [0.25, 0.3) is 5.91 Å². The Bertz CT molecular complexity index is 644. The van der Waals surface area contributed by atoms with E-state index in [2.05, 4.69) is 9.97 Å². The van der Waals surface area contributed by atoms with Gasteiger partial charge < -0.3 is 10.8 Å². The van der Waals surface area contributed by atoms with Crippen molar-refractivity contribution >= 4 is 17.2 Å². The SMILES string of the molecule is CCc1sc(-c2cccc(C(C)(C)O)n2)nc1C(N)=O. The lowest BCUT2D eigenvalue weighted by atomic mass is 10.0. The van der Waals surface area contributed by atoms with E-state index in [1.807, 2.05) is 13.0 Å². The molecular formula is C14H17N3O2S. The number of amides is 1. The largest absolute Gasteiger partial charge is 0.384 e. The van der Waals surface area contributed by atoms with E-state index in [0.29, 0.717) is 28.5 Å². The predicted molar refractivity (Wildman–Crippen MR) is 78.5 cm³/mol. The van der Waals surface area contributed by atoms with E-state index in [4.69, 9.17) is 5.73 Å². The van der Waals surface area contributed by atoms with Gasteiger partial charge >= 0.3 is 0 Å². The average molecular weight is 291 g/mol. The summed E-state index contributed by atoms with van der Waals surface area (Å²) in [6, 6.07) is 5.37. The van der Waals surface area contributed by atoms with Gasteiger partial charge in [0.05, 0.1) is 11.4 Å². The fraction of sp³-hybridized carbons (Fsp3) is 0.357. The topological polar surface area (TPSA) is 89.1 Å². The number of nitrogens with zero attached hydrogens (tertiary/aromatic N) is 2. The van der Waals surface area contributed by atoms with Crippen LogP contribution < -0.4 is 5.73 Å². The van der Waals surface area contributed by atoms with E-state index in [1.165, 1.54) is 11.3 Å². The highest BCUT2D eigenvalue weighted by Crippen LogP contribution is 2.28. The molecule has 2 aromatic heterocycles. The lowest BCUT2D eigenvalue weighted by molar-refractivity contribution is 0.0739. The van der Waals surface area contributed by atoms with Gasteiger partial charge in [-0.05, 0) is 32.4 Å². The summed E-state index contributed by atoms with van der Waals surface area (Å²) in [4.78, 5) is 20.9. The molecule has 0 aliphatic heterocycles. The minimum absolute atomic E-state index is 0.308. The molecule has 0 aromatic carbocycles. The number of aromatic nitrogens is 2. The standard InChI is InChI=1S/C14H17N3O2S/c1-4-9-11(12(15)18)17-13(20-9)8-6-5-7-10(16-8)14(2,3)19/h5-7,19H,4H2,1-3H3,(H2,15,18). The van der Waals surface area contributed by atoms with Gasteiger partial charge in [-0.2, -0.15) is 0 Å². The number of hydrogen-bond acceptors (Lipinski definition) is 5. The molecule has 3 N–H and O–H groups in total. The second-order valence-electron chi connectivity index (χ2n) is 4.98. The molecule has 1 amide bonds. The number of aryl methyl sites for hydroxylation is 1. The molecule has 6 heteroatoms. The van der Waals surface area contributed by atoms with Crippen LogP contribution in [0.1, 0.15) is 41.8 Å². The Kier molecular flexibility index (Phi) is 3.87. The van der Waals surface area contributed by atoms with Crippen LogP contribution in [0.15, 0.2) is 18.2 Å². The van der Waals surface area contributed by atoms with Gasteiger partial charge in [-0.25, -0.2) is 9.97 Å². The molecule has 0 saturated heterocycles. The third-order valence-electron chi connectivity index (χ3n) is 2.85. The number of nitrogens with two attached hydrogens (primary N) is 1. The lowest BCUT2D eigenvalue weighted by Crippen LogP contribution is -2.17. The highest BCUT2D eigenvalue weighted by molar-refractivity contribution is 7.15. The molecule has 5 nitrogen and oxygen atoms in total. The molecule has 0 aliphatic carbocycles. The van der Waals surface area contributed by atoms with E-state index in [-0.39, 0.29) is 0 Å². The normalized spacial score (nSPS) is 11.6. The van der Waals surface area contributed by atoms with Crippen molar-refractivity contribution in [3.8, 4) is 10.7 Å². The Balaban J connectivity index is 2.49. The van der Waals surface area contributed by atoms with E-state index in [1.54, 1.807) is 26.0 Å². The number of thiazole rings is 1. The Morgan fingerprint density at radius 2 is 2.10 bits per heavy atom. The Morgan fingerprint density at radius 3 is 2.60 bits per heavy atom. The number of carbonyl (C=O) groups excluding carboxylic acids is 1. The fourth-order valence-electron chi connectivity index (χ4n) is 1.79. The molecule has 2 rings (SSSR count). The third kappa shape index (κ3) is 2.86. The summed E-state index contributed by atoms with van der Waals surface area (Å²) in [5, 5.41) is 10.6. The molecule has 0 spiro atoms. The number of aliphatic hydroxyl groups is 1. The molecule has 2 aromatic rings. The Labute approximate surface area is 121 Å². The molecule has 0 unspecified atom stereocenters. The number of carbonyl (C=O) groups is 1. The zero-order valence-electron chi connectivity index (χ0n) is 11.7. The summed E-state index contributed by atoms with van der Waals surface area (Å²) in [6.07, 6.45) is 0.696. The second-order valence-corrected chi connectivity index (χ2v) is 6.06. The molecule has 106 valence electrons. The zero-order chi connectivity index (χ0) is 14.9. The number of primary amides is 1. The Hall–Kier alpha value is -1.79. The summed E-state index contributed by atoms with van der Waals surface area (Å²) < 4.78 is 0. The maximum atomic E-state index is 11.4. The molecule has 0 aliphatic rings. The minimum atomic E-state index is -1.02.